The Morgan fingerprint density at radius 3 is 2.75 bits per heavy atom. The molecule has 0 amide bonds. The molecule has 6 nitrogen and oxygen atoms in total. The summed E-state index contributed by atoms with van der Waals surface area (Å²) < 4.78 is 24.6. The van der Waals surface area contributed by atoms with Gasteiger partial charge in [0.15, 0.2) is 11.5 Å². The van der Waals surface area contributed by atoms with Crippen LogP contribution < -0.4 is 5.73 Å². The second-order valence-corrected chi connectivity index (χ2v) is 7.62. The maximum atomic E-state index is 11.4. The molecule has 1 fully saturated rings. The van der Waals surface area contributed by atoms with Gasteiger partial charge in [0.25, 0.3) is 0 Å². The van der Waals surface area contributed by atoms with Crippen LogP contribution in [0.3, 0.4) is 0 Å². The smallest absolute Gasteiger partial charge is 0.155 e. The minimum absolute atomic E-state index is 0.291. The van der Waals surface area contributed by atoms with Crippen molar-refractivity contribution in [1.82, 2.24) is 14.6 Å². The summed E-state index contributed by atoms with van der Waals surface area (Å²) in [5.41, 5.74) is 7.41. The van der Waals surface area contributed by atoms with Crippen LogP contribution in [0, 0.1) is 5.92 Å². The first-order valence-electron chi connectivity index (χ1n) is 6.81. The number of fused-ring (bicyclic) bond motifs is 1. The van der Waals surface area contributed by atoms with Crippen LogP contribution in [0.5, 0.6) is 0 Å². The van der Waals surface area contributed by atoms with Crippen molar-refractivity contribution in [1.29, 1.82) is 0 Å². The summed E-state index contributed by atoms with van der Waals surface area (Å²) in [6.07, 6.45) is 2.16. The molecule has 1 aliphatic heterocycles. The number of hydrogen-bond donors (Lipinski definition) is 1. The van der Waals surface area contributed by atoms with Crippen molar-refractivity contribution in [3.05, 3.63) is 29.7 Å². The molecule has 3 rings (SSSR count). The minimum Gasteiger partial charge on any atom is -0.325 e. The molecule has 0 spiro atoms. The van der Waals surface area contributed by atoms with Crippen molar-refractivity contribution in [2.45, 2.75) is 25.8 Å². The van der Waals surface area contributed by atoms with Crippen molar-refractivity contribution in [2.24, 2.45) is 11.7 Å². The normalized spacial score (nSPS) is 19.4. The molecule has 108 valence electrons. The zero-order valence-corrected chi connectivity index (χ0v) is 12.0. The Kier molecular flexibility index (Phi) is 3.47. The van der Waals surface area contributed by atoms with Gasteiger partial charge in [0.1, 0.15) is 9.84 Å². The molecule has 0 bridgehead atoms. The van der Waals surface area contributed by atoms with Crippen molar-refractivity contribution >= 4 is 15.5 Å². The molecule has 1 aliphatic rings. The van der Waals surface area contributed by atoms with Crippen LogP contribution in [0.4, 0.5) is 0 Å². The van der Waals surface area contributed by atoms with Gasteiger partial charge in [-0.2, -0.15) is 5.10 Å². The molecule has 2 aromatic rings. The highest BCUT2D eigenvalue weighted by Crippen LogP contribution is 2.22. The Labute approximate surface area is 117 Å². The molecule has 1 saturated heterocycles. The molecule has 0 aliphatic carbocycles. The monoisotopic (exact) mass is 294 g/mol. The van der Waals surface area contributed by atoms with E-state index in [4.69, 9.17) is 5.73 Å². The highest BCUT2D eigenvalue weighted by Gasteiger charge is 2.24. The summed E-state index contributed by atoms with van der Waals surface area (Å²) in [4.78, 5) is 4.50. The van der Waals surface area contributed by atoms with Crippen molar-refractivity contribution in [3.8, 4) is 0 Å². The van der Waals surface area contributed by atoms with Gasteiger partial charge in [0.2, 0.25) is 0 Å². The van der Waals surface area contributed by atoms with E-state index in [0.29, 0.717) is 36.8 Å². The molecule has 3 heterocycles. The number of rotatable bonds is 3. The lowest BCUT2D eigenvalue weighted by atomic mass is 9.99. The van der Waals surface area contributed by atoms with Gasteiger partial charge in [0, 0.05) is 13.0 Å². The van der Waals surface area contributed by atoms with Crippen molar-refractivity contribution in [2.75, 3.05) is 11.5 Å². The molecule has 20 heavy (non-hydrogen) atoms. The molecule has 2 N–H and O–H groups in total. The van der Waals surface area contributed by atoms with Crippen LogP contribution in [-0.4, -0.2) is 34.5 Å². The molecule has 2 aromatic heterocycles. The summed E-state index contributed by atoms with van der Waals surface area (Å²) >= 11 is 0. The Hall–Kier alpha value is -1.47. The summed E-state index contributed by atoms with van der Waals surface area (Å²) in [6, 6.07) is 5.75. The number of pyridine rings is 1. The number of aromatic nitrogens is 3. The van der Waals surface area contributed by atoms with Crippen LogP contribution in [0.25, 0.3) is 5.65 Å². The predicted octanol–water partition coefficient (Wildman–Crippen LogP) is 0.555. The topological polar surface area (TPSA) is 90.3 Å². The number of hydrogen-bond acceptors (Lipinski definition) is 5. The third-order valence-corrected chi connectivity index (χ3v) is 5.55. The molecule has 0 unspecified atom stereocenters. The Bertz CT molecular complexity index is 709. The maximum absolute atomic E-state index is 11.4. The summed E-state index contributed by atoms with van der Waals surface area (Å²) in [7, 11) is -2.81. The van der Waals surface area contributed by atoms with Gasteiger partial charge >= 0.3 is 0 Å². The van der Waals surface area contributed by atoms with Gasteiger partial charge in [0.05, 0.1) is 17.2 Å². The molecule has 7 heteroatoms. The second kappa shape index (κ2) is 5.14. The zero-order valence-electron chi connectivity index (χ0n) is 11.2. The van der Waals surface area contributed by atoms with E-state index >= 15 is 0 Å². The van der Waals surface area contributed by atoms with Gasteiger partial charge in [-0.15, -0.1) is 0 Å². The van der Waals surface area contributed by atoms with E-state index in [1.807, 2.05) is 18.2 Å². The van der Waals surface area contributed by atoms with E-state index in [1.165, 1.54) is 0 Å². The van der Waals surface area contributed by atoms with E-state index in [2.05, 4.69) is 10.1 Å². The van der Waals surface area contributed by atoms with Gasteiger partial charge in [-0.3, -0.25) is 0 Å². The fourth-order valence-corrected chi connectivity index (χ4v) is 4.23. The molecular weight excluding hydrogens is 276 g/mol. The van der Waals surface area contributed by atoms with Crippen LogP contribution in [-0.2, 0) is 22.8 Å². The van der Waals surface area contributed by atoms with Crippen LogP contribution in [0.1, 0.15) is 24.4 Å². The Balaban J connectivity index is 1.78. The zero-order chi connectivity index (χ0) is 14.2. The number of sulfone groups is 1. The first-order valence-corrected chi connectivity index (χ1v) is 8.63. The largest absolute Gasteiger partial charge is 0.325 e. The molecule has 0 saturated carbocycles. The summed E-state index contributed by atoms with van der Waals surface area (Å²) in [5.74, 6) is 1.71. The van der Waals surface area contributed by atoms with Crippen molar-refractivity contribution in [3.63, 3.8) is 0 Å². The summed E-state index contributed by atoms with van der Waals surface area (Å²) in [5, 5.41) is 4.49. The lowest BCUT2D eigenvalue weighted by Gasteiger charge is -2.20. The quantitative estimate of drug-likeness (QED) is 0.893. The summed E-state index contributed by atoms with van der Waals surface area (Å²) in [6.45, 7) is 0.418. The first kappa shape index (κ1) is 13.5. The standard InChI is InChI=1S/C13H18N4O2S/c14-9-11-2-1-3-13-15-12(16-17(11)13)8-10-4-6-20(18,19)7-5-10/h1-3,10H,4-9,14H2. The molecular formula is C13H18N4O2S. The lowest BCUT2D eigenvalue weighted by Crippen LogP contribution is -2.24. The third-order valence-electron chi connectivity index (χ3n) is 3.84. The van der Waals surface area contributed by atoms with E-state index in [-0.39, 0.29) is 0 Å². The maximum Gasteiger partial charge on any atom is 0.155 e. The molecule has 0 atom stereocenters. The average Bonchev–Trinajstić information content (AvgIpc) is 2.83. The number of nitrogens with zero attached hydrogens (tertiary/aromatic N) is 3. The molecule has 0 aromatic carbocycles. The highest BCUT2D eigenvalue weighted by molar-refractivity contribution is 7.91. The second-order valence-electron chi connectivity index (χ2n) is 5.32. The van der Waals surface area contributed by atoms with Gasteiger partial charge in [-0.1, -0.05) is 6.07 Å². The minimum atomic E-state index is -2.81. The predicted molar refractivity (Wildman–Crippen MR) is 76.0 cm³/mol. The fourth-order valence-electron chi connectivity index (χ4n) is 2.65. The van der Waals surface area contributed by atoms with Gasteiger partial charge < -0.3 is 5.73 Å². The van der Waals surface area contributed by atoms with E-state index in [1.54, 1.807) is 4.52 Å². The fraction of sp³-hybridized carbons (Fsp3) is 0.538. The highest BCUT2D eigenvalue weighted by atomic mass is 32.2. The molecule has 0 radical (unpaired) electrons. The first-order chi connectivity index (χ1) is 9.57. The SMILES string of the molecule is NCc1cccc2nc(CC3CCS(=O)(=O)CC3)nn12. The van der Waals surface area contributed by atoms with Gasteiger partial charge in [-0.25, -0.2) is 17.9 Å². The van der Waals surface area contributed by atoms with Crippen LogP contribution >= 0.6 is 0 Å². The van der Waals surface area contributed by atoms with Crippen molar-refractivity contribution < 1.29 is 8.42 Å². The Morgan fingerprint density at radius 2 is 2.05 bits per heavy atom. The van der Waals surface area contributed by atoms with Gasteiger partial charge in [-0.05, 0) is 30.9 Å². The van der Waals surface area contributed by atoms with E-state index in [0.717, 1.165) is 23.6 Å². The average molecular weight is 294 g/mol. The third kappa shape index (κ3) is 2.69. The van der Waals surface area contributed by atoms with Crippen LogP contribution in [0.15, 0.2) is 18.2 Å². The Morgan fingerprint density at radius 1 is 1.30 bits per heavy atom. The lowest BCUT2D eigenvalue weighted by molar-refractivity contribution is 0.454. The number of nitrogens with two attached hydrogens (primary N) is 1. The van der Waals surface area contributed by atoms with E-state index < -0.39 is 9.84 Å². The van der Waals surface area contributed by atoms with Crippen LogP contribution in [0.2, 0.25) is 0 Å². The van der Waals surface area contributed by atoms with E-state index in [9.17, 15) is 8.42 Å².